The summed E-state index contributed by atoms with van der Waals surface area (Å²) in [6.45, 7) is 3.16. The molecule has 0 spiro atoms. The molecule has 1 saturated heterocycles. The lowest BCUT2D eigenvalue weighted by atomic mass is 10.2. The quantitative estimate of drug-likeness (QED) is 0.828. The fourth-order valence-electron chi connectivity index (χ4n) is 2.33. The number of thioether (sulfide) groups is 1. The SMILES string of the molecule is CCSCC(=O)N(Cc1cccnc1)C[C@@H]1CCC(=O)N1. The van der Waals surface area contributed by atoms with E-state index in [2.05, 4.69) is 10.3 Å². The fourth-order valence-corrected chi connectivity index (χ4v) is 2.89. The van der Waals surface area contributed by atoms with Gasteiger partial charge in [-0.25, -0.2) is 0 Å². The van der Waals surface area contributed by atoms with E-state index in [1.165, 1.54) is 0 Å². The summed E-state index contributed by atoms with van der Waals surface area (Å²) in [6.07, 6.45) is 4.86. The molecule has 6 heteroatoms. The van der Waals surface area contributed by atoms with Gasteiger partial charge >= 0.3 is 0 Å². The molecule has 1 aromatic rings. The maximum absolute atomic E-state index is 12.3. The van der Waals surface area contributed by atoms with Crippen molar-refractivity contribution < 1.29 is 9.59 Å². The van der Waals surface area contributed by atoms with Crippen molar-refractivity contribution in [2.75, 3.05) is 18.1 Å². The van der Waals surface area contributed by atoms with Crippen molar-refractivity contribution in [2.45, 2.75) is 32.4 Å². The molecule has 1 atom stereocenters. The summed E-state index contributed by atoms with van der Waals surface area (Å²) in [5, 5.41) is 2.93. The standard InChI is InChI=1S/C15H21N3O2S/c1-2-21-11-15(20)18(9-12-4-3-7-16-8-12)10-13-5-6-14(19)17-13/h3-4,7-8,13H,2,5-6,9-11H2,1H3,(H,17,19)/t13-/m0/s1. The Labute approximate surface area is 129 Å². The molecule has 1 aliphatic rings. The molecule has 0 radical (unpaired) electrons. The van der Waals surface area contributed by atoms with Crippen LogP contribution in [0.2, 0.25) is 0 Å². The molecule has 21 heavy (non-hydrogen) atoms. The third-order valence-electron chi connectivity index (χ3n) is 3.40. The summed E-state index contributed by atoms with van der Waals surface area (Å²) in [6, 6.07) is 3.91. The maximum atomic E-state index is 12.3. The van der Waals surface area contributed by atoms with Gasteiger partial charge < -0.3 is 10.2 Å². The topological polar surface area (TPSA) is 62.3 Å². The molecule has 2 heterocycles. The summed E-state index contributed by atoms with van der Waals surface area (Å²) >= 11 is 1.62. The van der Waals surface area contributed by atoms with E-state index in [0.717, 1.165) is 17.7 Å². The average Bonchev–Trinajstić information content (AvgIpc) is 2.90. The van der Waals surface area contributed by atoms with Gasteiger partial charge in [-0.3, -0.25) is 14.6 Å². The molecule has 0 aromatic carbocycles. The molecular formula is C15H21N3O2S. The highest BCUT2D eigenvalue weighted by Gasteiger charge is 2.25. The van der Waals surface area contributed by atoms with Gasteiger partial charge in [0, 0.05) is 37.9 Å². The Morgan fingerprint density at radius 1 is 1.57 bits per heavy atom. The van der Waals surface area contributed by atoms with Crippen LogP contribution in [0.1, 0.15) is 25.3 Å². The second kappa shape index (κ2) is 8.02. The first kappa shape index (κ1) is 15.8. The number of hydrogen-bond acceptors (Lipinski definition) is 4. The number of aromatic nitrogens is 1. The monoisotopic (exact) mass is 307 g/mol. The van der Waals surface area contributed by atoms with E-state index in [4.69, 9.17) is 0 Å². The zero-order valence-electron chi connectivity index (χ0n) is 12.2. The molecule has 1 N–H and O–H groups in total. The number of hydrogen-bond donors (Lipinski definition) is 1. The number of amides is 2. The summed E-state index contributed by atoms with van der Waals surface area (Å²) in [5.41, 5.74) is 1.01. The largest absolute Gasteiger partial charge is 0.352 e. The van der Waals surface area contributed by atoms with Crippen LogP contribution in [-0.4, -0.2) is 45.8 Å². The summed E-state index contributed by atoms with van der Waals surface area (Å²) in [4.78, 5) is 29.6. The van der Waals surface area contributed by atoms with Gasteiger partial charge in [-0.05, 0) is 23.8 Å². The predicted octanol–water partition coefficient (Wildman–Crippen LogP) is 1.44. The molecule has 1 fully saturated rings. The Morgan fingerprint density at radius 3 is 3.05 bits per heavy atom. The summed E-state index contributed by atoms with van der Waals surface area (Å²) < 4.78 is 0. The molecule has 1 aromatic heterocycles. The molecule has 1 aliphatic heterocycles. The van der Waals surface area contributed by atoms with Gasteiger partial charge in [0.05, 0.1) is 5.75 Å². The van der Waals surface area contributed by atoms with Gasteiger partial charge in [-0.15, -0.1) is 0 Å². The summed E-state index contributed by atoms with van der Waals surface area (Å²) in [5.74, 6) is 1.60. The lowest BCUT2D eigenvalue weighted by Crippen LogP contribution is -2.42. The van der Waals surface area contributed by atoms with Crippen molar-refractivity contribution in [3.63, 3.8) is 0 Å². The van der Waals surface area contributed by atoms with Crippen LogP contribution < -0.4 is 5.32 Å². The van der Waals surface area contributed by atoms with E-state index in [9.17, 15) is 9.59 Å². The van der Waals surface area contributed by atoms with E-state index < -0.39 is 0 Å². The molecule has 0 saturated carbocycles. The highest BCUT2D eigenvalue weighted by molar-refractivity contribution is 7.99. The number of nitrogens with one attached hydrogen (secondary N) is 1. The van der Waals surface area contributed by atoms with Crippen molar-refractivity contribution in [1.29, 1.82) is 0 Å². The zero-order valence-corrected chi connectivity index (χ0v) is 13.1. The van der Waals surface area contributed by atoms with E-state index in [1.807, 2.05) is 24.0 Å². The van der Waals surface area contributed by atoms with Crippen molar-refractivity contribution in [1.82, 2.24) is 15.2 Å². The lowest BCUT2D eigenvalue weighted by molar-refractivity contribution is -0.129. The van der Waals surface area contributed by atoms with Gasteiger partial charge in [0.25, 0.3) is 0 Å². The molecule has 0 aliphatic carbocycles. The summed E-state index contributed by atoms with van der Waals surface area (Å²) in [7, 11) is 0. The minimum atomic E-state index is 0.0738. The molecule has 2 amide bonds. The maximum Gasteiger partial charge on any atom is 0.232 e. The Balaban J connectivity index is 1.99. The number of carbonyl (C=O) groups is 2. The van der Waals surface area contributed by atoms with E-state index in [-0.39, 0.29) is 17.9 Å². The zero-order chi connectivity index (χ0) is 15.1. The number of nitrogens with zero attached hydrogens (tertiary/aromatic N) is 2. The van der Waals surface area contributed by atoms with Gasteiger partial charge in [0.15, 0.2) is 0 Å². The lowest BCUT2D eigenvalue weighted by Gasteiger charge is -2.25. The van der Waals surface area contributed by atoms with E-state index in [0.29, 0.717) is 25.3 Å². The van der Waals surface area contributed by atoms with Crippen LogP contribution in [0.5, 0.6) is 0 Å². The predicted molar refractivity (Wildman–Crippen MR) is 83.8 cm³/mol. The van der Waals surface area contributed by atoms with Crippen molar-refractivity contribution >= 4 is 23.6 Å². The Kier molecular flexibility index (Phi) is 6.04. The van der Waals surface area contributed by atoms with Gasteiger partial charge in [0.2, 0.25) is 11.8 Å². The van der Waals surface area contributed by atoms with Gasteiger partial charge in [-0.2, -0.15) is 11.8 Å². The smallest absolute Gasteiger partial charge is 0.232 e. The van der Waals surface area contributed by atoms with Crippen LogP contribution in [0.15, 0.2) is 24.5 Å². The molecule has 5 nitrogen and oxygen atoms in total. The third kappa shape index (κ3) is 5.04. The van der Waals surface area contributed by atoms with Crippen LogP contribution in [-0.2, 0) is 16.1 Å². The first-order chi connectivity index (χ1) is 10.2. The van der Waals surface area contributed by atoms with Crippen LogP contribution in [0, 0.1) is 0 Å². The average molecular weight is 307 g/mol. The normalized spacial score (nSPS) is 17.6. The molecule has 0 bridgehead atoms. The number of carbonyl (C=O) groups excluding carboxylic acids is 2. The van der Waals surface area contributed by atoms with E-state index >= 15 is 0 Å². The van der Waals surface area contributed by atoms with Crippen LogP contribution in [0.25, 0.3) is 0 Å². The molecule has 0 unspecified atom stereocenters. The Bertz CT molecular complexity index is 481. The highest BCUT2D eigenvalue weighted by Crippen LogP contribution is 2.13. The number of pyridine rings is 1. The van der Waals surface area contributed by atoms with Crippen LogP contribution in [0.4, 0.5) is 0 Å². The minimum absolute atomic E-state index is 0.0738. The second-order valence-electron chi connectivity index (χ2n) is 5.08. The van der Waals surface area contributed by atoms with Gasteiger partial charge in [-0.1, -0.05) is 13.0 Å². The molecular weight excluding hydrogens is 286 g/mol. The second-order valence-corrected chi connectivity index (χ2v) is 6.35. The fraction of sp³-hybridized carbons (Fsp3) is 0.533. The molecule has 114 valence electrons. The Morgan fingerprint density at radius 2 is 2.43 bits per heavy atom. The van der Waals surface area contributed by atoms with Crippen LogP contribution in [0.3, 0.4) is 0 Å². The minimum Gasteiger partial charge on any atom is -0.352 e. The van der Waals surface area contributed by atoms with Crippen molar-refractivity contribution in [3.8, 4) is 0 Å². The Hall–Kier alpha value is -1.56. The number of rotatable bonds is 7. The highest BCUT2D eigenvalue weighted by atomic mass is 32.2. The van der Waals surface area contributed by atoms with Crippen molar-refractivity contribution in [2.24, 2.45) is 0 Å². The third-order valence-corrected chi connectivity index (χ3v) is 4.26. The van der Waals surface area contributed by atoms with Gasteiger partial charge in [0.1, 0.15) is 0 Å². The first-order valence-electron chi connectivity index (χ1n) is 7.23. The van der Waals surface area contributed by atoms with E-state index in [1.54, 1.807) is 24.2 Å². The molecule has 2 rings (SSSR count). The first-order valence-corrected chi connectivity index (χ1v) is 8.38. The van der Waals surface area contributed by atoms with Crippen molar-refractivity contribution in [3.05, 3.63) is 30.1 Å². The van der Waals surface area contributed by atoms with Crippen LogP contribution >= 0.6 is 11.8 Å².